The van der Waals surface area contributed by atoms with E-state index in [1.807, 2.05) is 25.1 Å². The molecule has 320 valence electrons. The number of hydrazone groups is 1. The van der Waals surface area contributed by atoms with E-state index in [-0.39, 0.29) is 43.1 Å². The van der Waals surface area contributed by atoms with Crippen LogP contribution in [0.25, 0.3) is 5.82 Å². The molecule has 3 unspecified atom stereocenters. The number of carbonyl (C=O) groups excluding carboxylic acids is 5. The second-order valence-electron chi connectivity index (χ2n) is 14.9. The molecule has 7 heterocycles. The molecule has 5 aliphatic heterocycles. The van der Waals surface area contributed by atoms with Crippen LogP contribution in [0.5, 0.6) is 5.75 Å². The van der Waals surface area contributed by atoms with Gasteiger partial charge in [-0.05, 0) is 49.2 Å². The van der Waals surface area contributed by atoms with Gasteiger partial charge in [-0.15, -0.1) is 5.10 Å². The average molecular weight is 838 g/mol. The van der Waals surface area contributed by atoms with Crippen LogP contribution in [-0.2, 0) is 28.6 Å². The van der Waals surface area contributed by atoms with Gasteiger partial charge < -0.3 is 29.2 Å². The van der Waals surface area contributed by atoms with E-state index >= 15 is 0 Å². The Balaban J connectivity index is 0.693. The van der Waals surface area contributed by atoms with Gasteiger partial charge in [0.2, 0.25) is 17.7 Å². The van der Waals surface area contributed by atoms with Crippen molar-refractivity contribution in [1.82, 2.24) is 34.9 Å². The van der Waals surface area contributed by atoms with Gasteiger partial charge >= 0.3 is 0 Å². The molecule has 5 amide bonds. The molecule has 0 spiro atoms. The van der Waals surface area contributed by atoms with Gasteiger partial charge in [-0.1, -0.05) is 6.07 Å². The molecule has 3 atom stereocenters. The number of carbonyl (C=O) groups is 5. The van der Waals surface area contributed by atoms with Crippen molar-refractivity contribution in [2.24, 2.45) is 16.0 Å². The van der Waals surface area contributed by atoms with Gasteiger partial charge in [0, 0.05) is 70.0 Å². The lowest BCUT2D eigenvalue weighted by Crippen LogP contribution is -2.54. The average Bonchev–Trinajstić information content (AvgIpc) is 3.96. The number of aryl methyl sites for hydroxylation is 1. The smallest absolute Gasteiger partial charge is 0.262 e. The van der Waals surface area contributed by atoms with Crippen LogP contribution in [0.3, 0.4) is 0 Å². The number of imide groups is 2. The number of amides is 5. The SMILES string of the molecule is Cc1ccc(-n2nc(N3CCN(CCOCCOCCOCCOc4ccc5c(c4)C(=O)N(C4CCC(=O)NC4=O)C5=O)CC3)cc2NC(=O)C2C=NN3C=CC=NC23)nc1. The molecule has 5 aliphatic rings. The molecule has 2 saturated heterocycles. The van der Waals surface area contributed by atoms with Gasteiger partial charge in [0.1, 0.15) is 30.1 Å². The zero-order chi connectivity index (χ0) is 42.3. The molecule has 2 N–H and O–H groups in total. The van der Waals surface area contributed by atoms with E-state index in [0.29, 0.717) is 50.4 Å². The lowest BCUT2D eigenvalue weighted by Gasteiger charge is -2.34. The molecule has 0 radical (unpaired) electrons. The number of aliphatic imine (C=N–C) groups is 1. The van der Waals surface area contributed by atoms with Gasteiger partial charge in [-0.25, -0.2) is 9.99 Å². The van der Waals surface area contributed by atoms with Crippen molar-refractivity contribution in [3.63, 3.8) is 0 Å². The van der Waals surface area contributed by atoms with Crippen LogP contribution in [0, 0.1) is 12.8 Å². The predicted octanol–water partition coefficient (Wildman–Crippen LogP) is 1.01. The summed E-state index contributed by atoms with van der Waals surface area (Å²) in [5.41, 5.74) is 1.37. The second-order valence-corrected chi connectivity index (χ2v) is 14.9. The number of nitrogens with one attached hydrogen (secondary N) is 2. The van der Waals surface area contributed by atoms with Crippen molar-refractivity contribution in [1.29, 1.82) is 0 Å². The molecule has 20 heteroatoms. The first-order valence-corrected chi connectivity index (χ1v) is 20.3. The molecule has 20 nitrogen and oxygen atoms in total. The number of hydrogen-bond donors (Lipinski definition) is 2. The summed E-state index contributed by atoms with van der Waals surface area (Å²) in [6.07, 6.45) is 8.38. The molecule has 0 saturated carbocycles. The molecule has 0 bridgehead atoms. The van der Waals surface area contributed by atoms with Crippen molar-refractivity contribution >= 4 is 53.6 Å². The minimum Gasteiger partial charge on any atom is -0.491 e. The monoisotopic (exact) mass is 837 g/mol. The van der Waals surface area contributed by atoms with Crippen LogP contribution in [0.2, 0.25) is 0 Å². The molecule has 61 heavy (non-hydrogen) atoms. The van der Waals surface area contributed by atoms with Crippen LogP contribution in [0.15, 0.2) is 65.0 Å². The third-order valence-electron chi connectivity index (χ3n) is 10.8. The van der Waals surface area contributed by atoms with Crippen LogP contribution in [-0.4, -0.2) is 163 Å². The molecule has 0 aliphatic carbocycles. The fourth-order valence-electron chi connectivity index (χ4n) is 7.49. The number of anilines is 2. The highest BCUT2D eigenvalue weighted by Crippen LogP contribution is 2.31. The van der Waals surface area contributed by atoms with Crippen LogP contribution in [0.1, 0.15) is 39.1 Å². The fraction of sp³-hybridized carbons (Fsp3) is 0.439. The number of pyridine rings is 1. The first kappa shape index (κ1) is 41.4. The Labute approximate surface area is 351 Å². The molecule has 1 aromatic carbocycles. The molecule has 2 fully saturated rings. The Kier molecular flexibility index (Phi) is 12.8. The number of piperazine rings is 1. The third kappa shape index (κ3) is 9.51. The molecular weight excluding hydrogens is 791 g/mol. The van der Waals surface area contributed by atoms with Crippen molar-refractivity contribution in [3.8, 4) is 11.6 Å². The summed E-state index contributed by atoms with van der Waals surface area (Å²) in [6, 6.07) is 9.28. The summed E-state index contributed by atoms with van der Waals surface area (Å²) >= 11 is 0. The second kappa shape index (κ2) is 18.9. The van der Waals surface area contributed by atoms with Gasteiger partial charge in [-0.2, -0.15) is 9.78 Å². The quantitative estimate of drug-likeness (QED) is 0.135. The Bertz CT molecular complexity index is 2220. The number of rotatable bonds is 18. The number of hydrogen-bond acceptors (Lipinski definition) is 16. The number of aromatic nitrogens is 3. The number of piperidine rings is 1. The molecule has 3 aromatic rings. The summed E-state index contributed by atoms with van der Waals surface area (Å²) in [5.74, 6) is -0.752. The highest BCUT2D eigenvalue weighted by molar-refractivity contribution is 6.23. The Morgan fingerprint density at radius 3 is 2.38 bits per heavy atom. The summed E-state index contributed by atoms with van der Waals surface area (Å²) in [7, 11) is 0. The third-order valence-corrected chi connectivity index (χ3v) is 10.8. The predicted molar refractivity (Wildman–Crippen MR) is 220 cm³/mol. The number of ether oxygens (including phenoxy) is 4. The number of nitrogens with zero attached hydrogens (tertiary/aromatic N) is 9. The lowest BCUT2D eigenvalue weighted by atomic mass is 10.0. The van der Waals surface area contributed by atoms with Crippen LogP contribution < -0.4 is 20.3 Å². The number of benzene rings is 1. The first-order valence-electron chi connectivity index (χ1n) is 20.3. The van der Waals surface area contributed by atoms with Crippen molar-refractivity contribution in [3.05, 3.63) is 71.6 Å². The Morgan fingerprint density at radius 1 is 0.869 bits per heavy atom. The summed E-state index contributed by atoms with van der Waals surface area (Å²) in [5, 5.41) is 16.1. The number of fused-ring (bicyclic) bond motifs is 2. The topological polar surface area (TPSA) is 215 Å². The van der Waals surface area contributed by atoms with Gasteiger partial charge in [0.25, 0.3) is 11.8 Å². The van der Waals surface area contributed by atoms with Crippen molar-refractivity contribution < 1.29 is 42.9 Å². The zero-order valence-corrected chi connectivity index (χ0v) is 33.7. The zero-order valence-electron chi connectivity index (χ0n) is 33.7. The number of allylic oxidation sites excluding steroid dienone is 1. The van der Waals surface area contributed by atoms with Crippen LogP contribution in [0.4, 0.5) is 11.6 Å². The fourth-order valence-corrected chi connectivity index (χ4v) is 7.49. The van der Waals surface area contributed by atoms with E-state index in [1.165, 1.54) is 12.1 Å². The maximum Gasteiger partial charge on any atom is 0.262 e. The van der Waals surface area contributed by atoms with E-state index in [4.69, 9.17) is 24.0 Å². The van der Waals surface area contributed by atoms with Gasteiger partial charge in [0.15, 0.2) is 17.8 Å². The highest BCUT2D eigenvalue weighted by Gasteiger charge is 2.45. The van der Waals surface area contributed by atoms with Gasteiger partial charge in [0.05, 0.1) is 50.8 Å². The molecular formula is C41H47N11O9. The van der Waals surface area contributed by atoms with Crippen molar-refractivity contribution in [2.45, 2.75) is 32.0 Å². The Hall–Kier alpha value is -6.35. The lowest BCUT2D eigenvalue weighted by molar-refractivity contribution is -0.136. The van der Waals surface area contributed by atoms with E-state index in [1.54, 1.807) is 46.7 Å². The van der Waals surface area contributed by atoms with E-state index in [0.717, 1.165) is 49.0 Å². The standard InChI is InChI=1S/C41H47N11O9/c1-27-3-7-33(43-25-27)52-34(45-38(54)31-26-44-50-10-2-9-42-37(31)50)24-35(47-52)49-13-11-48(12-14-49)15-16-58-17-18-59-19-20-60-21-22-61-28-4-5-29-30(23-28)41(57)51(40(29)56)32-6-8-36(53)46-39(32)55/h2-5,7,9-10,23-26,31-32,37H,6,8,11-22H2,1H3,(H,45,54)(H,46,53,55). The first-order chi connectivity index (χ1) is 29.7. The normalized spacial score (nSPS) is 21.0. The van der Waals surface area contributed by atoms with Crippen molar-refractivity contribution in [2.75, 3.05) is 89.2 Å². The van der Waals surface area contributed by atoms with E-state index in [2.05, 4.69) is 35.5 Å². The minimum absolute atomic E-state index is 0.0573. The molecule has 2 aromatic heterocycles. The molecule has 8 rings (SSSR count). The minimum atomic E-state index is -1.02. The Morgan fingerprint density at radius 2 is 1.62 bits per heavy atom. The maximum atomic E-state index is 13.4. The van der Waals surface area contributed by atoms with Crippen LogP contribution >= 0.6 is 0 Å². The highest BCUT2D eigenvalue weighted by atomic mass is 16.6. The van der Waals surface area contributed by atoms with Gasteiger partial charge in [-0.3, -0.25) is 44.1 Å². The summed E-state index contributed by atoms with van der Waals surface area (Å²) in [4.78, 5) is 77.6. The van der Waals surface area contributed by atoms with E-state index < -0.39 is 41.8 Å². The summed E-state index contributed by atoms with van der Waals surface area (Å²) in [6.45, 7) is 8.62. The maximum absolute atomic E-state index is 13.4. The largest absolute Gasteiger partial charge is 0.491 e. The van der Waals surface area contributed by atoms with E-state index in [9.17, 15) is 24.0 Å². The summed E-state index contributed by atoms with van der Waals surface area (Å²) < 4.78 is 24.4.